The summed E-state index contributed by atoms with van der Waals surface area (Å²) >= 11 is 0. The van der Waals surface area contributed by atoms with Crippen molar-refractivity contribution >= 4 is 17.7 Å². The van der Waals surface area contributed by atoms with Crippen molar-refractivity contribution in [3.63, 3.8) is 0 Å². The Bertz CT molecular complexity index is 445. The van der Waals surface area contributed by atoms with Gasteiger partial charge in [0.05, 0.1) is 12.6 Å². The molecule has 0 saturated heterocycles. The van der Waals surface area contributed by atoms with Crippen LogP contribution < -0.4 is 34.7 Å². The molecule has 0 aromatic carbocycles. The summed E-state index contributed by atoms with van der Waals surface area (Å²) < 4.78 is 4.89. The van der Waals surface area contributed by atoms with Gasteiger partial charge in [-0.15, -0.1) is 0 Å². The Kier molecular flexibility index (Phi) is 33.1. The van der Waals surface area contributed by atoms with Gasteiger partial charge in [0.1, 0.15) is 5.78 Å². The normalized spacial score (nSPS) is 10.2. The average molecular weight is 449 g/mol. The number of carboxylic acid groups (broad SMARTS) is 1. The van der Waals surface area contributed by atoms with Crippen LogP contribution in [0.5, 0.6) is 0 Å². The number of hydrogen-bond donors (Lipinski definition) is 0. The van der Waals surface area contributed by atoms with Crippen LogP contribution in [0.15, 0.2) is 12.2 Å². The molecule has 0 spiro atoms. The molecule has 0 radical (unpaired) electrons. The van der Waals surface area contributed by atoms with Crippen LogP contribution in [0.2, 0.25) is 0 Å². The van der Waals surface area contributed by atoms with E-state index in [1.165, 1.54) is 104 Å². The van der Waals surface area contributed by atoms with Gasteiger partial charge in [-0.2, -0.15) is 0 Å². The van der Waals surface area contributed by atoms with Gasteiger partial charge in [0.15, 0.2) is 0 Å². The number of esters is 1. The van der Waals surface area contributed by atoms with Gasteiger partial charge in [0, 0.05) is 6.08 Å². The molecule has 0 atom stereocenters. The molecule has 5 nitrogen and oxygen atoms in total. The van der Waals surface area contributed by atoms with E-state index in [0.717, 1.165) is 18.9 Å². The number of aliphatic carboxylic acids is 1. The second kappa shape index (κ2) is 29.4. The second-order valence-corrected chi connectivity index (χ2v) is 8.03. The van der Waals surface area contributed by atoms with Crippen LogP contribution >= 0.6 is 0 Å². The number of unbranched alkanes of at least 4 members (excludes halogenated alkanes) is 15. The maximum atomic E-state index is 11.1. The SMILES string of the molecule is CC(C)=O.CCCCCCCCCCCCCCCCCCOC(=O)/C=C/C(=O)[O-].[Na+]. The molecule has 6 heteroatoms. The minimum absolute atomic E-state index is 0. The number of hydrogen-bond acceptors (Lipinski definition) is 5. The number of carbonyl (C=O) groups excluding carboxylic acids is 3. The third kappa shape index (κ3) is 40.3. The number of ketones is 1. The first kappa shape index (κ1) is 35.0. The first-order valence-electron chi connectivity index (χ1n) is 11.9. The molecule has 0 aliphatic carbocycles. The molecule has 0 bridgehead atoms. The summed E-state index contributed by atoms with van der Waals surface area (Å²) in [5.41, 5.74) is 0. The Labute approximate surface area is 213 Å². The van der Waals surface area contributed by atoms with Crippen LogP contribution in [0.3, 0.4) is 0 Å². The van der Waals surface area contributed by atoms with E-state index >= 15 is 0 Å². The fourth-order valence-corrected chi connectivity index (χ4v) is 3.01. The molecule has 0 aromatic rings. The molecule has 0 saturated carbocycles. The van der Waals surface area contributed by atoms with Crippen molar-refractivity contribution in [2.75, 3.05) is 6.61 Å². The van der Waals surface area contributed by atoms with Gasteiger partial charge in [0.25, 0.3) is 0 Å². The van der Waals surface area contributed by atoms with Crippen LogP contribution in [0.4, 0.5) is 0 Å². The molecule has 0 N–H and O–H groups in total. The van der Waals surface area contributed by atoms with Crippen LogP contribution in [0, 0.1) is 0 Å². The molecule has 0 amide bonds. The Morgan fingerprint density at radius 2 is 0.968 bits per heavy atom. The van der Waals surface area contributed by atoms with Crippen LogP contribution in [0.25, 0.3) is 0 Å². The number of rotatable bonds is 19. The van der Waals surface area contributed by atoms with Gasteiger partial charge < -0.3 is 19.4 Å². The van der Waals surface area contributed by atoms with Gasteiger partial charge in [-0.3, -0.25) is 0 Å². The predicted molar refractivity (Wildman–Crippen MR) is 121 cm³/mol. The first-order chi connectivity index (χ1) is 14.4. The third-order valence-electron chi connectivity index (χ3n) is 4.60. The summed E-state index contributed by atoms with van der Waals surface area (Å²) in [7, 11) is 0. The number of carboxylic acids is 1. The van der Waals surface area contributed by atoms with Gasteiger partial charge in [-0.25, -0.2) is 4.79 Å². The quantitative estimate of drug-likeness (QED) is 0.131. The van der Waals surface area contributed by atoms with Crippen molar-refractivity contribution in [3.05, 3.63) is 12.2 Å². The Balaban J connectivity index is -0.00000143. The van der Waals surface area contributed by atoms with E-state index in [9.17, 15) is 19.5 Å². The summed E-state index contributed by atoms with van der Waals surface area (Å²) in [5.74, 6) is -1.83. The number of Topliss-reactive ketones (excluding diaryl/α,β-unsaturated/α-hetero) is 1. The maximum absolute atomic E-state index is 11.1. The zero-order valence-corrected chi connectivity index (χ0v) is 22.7. The van der Waals surface area contributed by atoms with Crippen LogP contribution in [-0.2, 0) is 19.1 Å². The van der Waals surface area contributed by atoms with E-state index in [2.05, 4.69) is 6.92 Å². The molecule has 0 aliphatic heterocycles. The summed E-state index contributed by atoms with van der Waals surface area (Å²) in [6, 6.07) is 0. The molecule has 0 aliphatic rings. The van der Waals surface area contributed by atoms with Crippen molar-refractivity contribution in [3.8, 4) is 0 Å². The predicted octanol–water partition coefficient (Wildman–Crippen LogP) is 2.70. The van der Waals surface area contributed by atoms with E-state index in [1.807, 2.05) is 0 Å². The van der Waals surface area contributed by atoms with Crippen molar-refractivity contribution in [2.45, 2.75) is 124 Å². The van der Waals surface area contributed by atoms with Crippen molar-refractivity contribution in [1.82, 2.24) is 0 Å². The van der Waals surface area contributed by atoms with Gasteiger partial charge in [-0.1, -0.05) is 103 Å². The van der Waals surface area contributed by atoms with Gasteiger partial charge in [0.2, 0.25) is 0 Å². The molecule has 31 heavy (non-hydrogen) atoms. The number of ether oxygens (including phenoxy) is 1. The minimum atomic E-state index is -1.38. The van der Waals surface area contributed by atoms with Crippen molar-refractivity contribution in [1.29, 1.82) is 0 Å². The average Bonchev–Trinajstić information content (AvgIpc) is 2.68. The van der Waals surface area contributed by atoms with Crippen molar-refractivity contribution < 1.29 is 53.8 Å². The largest absolute Gasteiger partial charge is 1.00 e. The van der Waals surface area contributed by atoms with E-state index in [-0.39, 0.29) is 35.3 Å². The molecule has 0 rings (SSSR count). The summed E-state index contributed by atoms with van der Waals surface area (Å²) in [6.07, 6.45) is 22.4. The minimum Gasteiger partial charge on any atom is -0.545 e. The van der Waals surface area contributed by atoms with Crippen molar-refractivity contribution in [2.24, 2.45) is 0 Å². The van der Waals surface area contributed by atoms with Crippen LogP contribution in [0.1, 0.15) is 124 Å². The Morgan fingerprint density at radius 1 is 0.645 bits per heavy atom. The smallest absolute Gasteiger partial charge is 0.545 e. The van der Waals surface area contributed by atoms with Gasteiger partial charge >= 0.3 is 35.5 Å². The Hall–Kier alpha value is -0.650. The zero-order chi connectivity index (χ0) is 22.9. The van der Waals surface area contributed by atoms with Crippen LogP contribution in [-0.4, -0.2) is 24.3 Å². The summed E-state index contributed by atoms with van der Waals surface area (Å²) in [5, 5.41) is 10.1. The van der Waals surface area contributed by atoms with E-state index in [1.54, 1.807) is 0 Å². The monoisotopic (exact) mass is 448 g/mol. The molecular weight excluding hydrogens is 403 g/mol. The maximum Gasteiger partial charge on any atom is 1.00 e. The summed E-state index contributed by atoms with van der Waals surface area (Å²) in [6.45, 7) is 5.68. The summed E-state index contributed by atoms with van der Waals surface area (Å²) in [4.78, 5) is 30.7. The molecule has 0 unspecified atom stereocenters. The number of carbonyl (C=O) groups is 3. The fourth-order valence-electron chi connectivity index (χ4n) is 3.01. The first-order valence-corrected chi connectivity index (χ1v) is 11.9. The molecule has 0 aromatic heterocycles. The fraction of sp³-hybridized carbons (Fsp3) is 0.800. The van der Waals surface area contributed by atoms with E-state index < -0.39 is 11.9 Å². The third-order valence-corrected chi connectivity index (χ3v) is 4.60. The van der Waals surface area contributed by atoms with E-state index in [0.29, 0.717) is 12.7 Å². The topological polar surface area (TPSA) is 83.5 Å². The standard InChI is InChI=1S/C22H40O4.C3H6O.Na/c1-2-3-4-5-6-7-8-9-10-11-12-13-14-15-16-17-20-26-22(25)19-18-21(23)24;1-3(2)4;/h18-19H,2-17,20H2,1H3,(H,23,24);1-2H3;/q;;+1/p-1/b19-18+;;. The molecule has 176 valence electrons. The Morgan fingerprint density at radius 3 is 1.29 bits per heavy atom. The molecular formula is C25H45NaO5. The van der Waals surface area contributed by atoms with E-state index in [4.69, 9.17) is 4.74 Å². The molecule has 0 heterocycles. The molecule has 0 fully saturated rings. The zero-order valence-electron chi connectivity index (χ0n) is 20.7. The van der Waals surface area contributed by atoms with Gasteiger partial charge in [-0.05, 0) is 26.3 Å². The second-order valence-electron chi connectivity index (χ2n) is 8.03.